The van der Waals surface area contributed by atoms with Crippen LogP contribution in [0.1, 0.15) is 19.8 Å². The summed E-state index contributed by atoms with van der Waals surface area (Å²) in [7, 11) is -6.72. The van der Waals surface area contributed by atoms with E-state index in [9.17, 15) is 16.8 Å². The first kappa shape index (κ1) is 16.9. The molecule has 0 aromatic rings. The van der Waals surface area contributed by atoms with Crippen LogP contribution in [0, 0.1) is 5.92 Å². The molecule has 0 amide bonds. The van der Waals surface area contributed by atoms with Crippen molar-refractivity contribution in [2.75, 3.05) is 43.9 Å². The Labute approximate surface area is 116 Å². The molecule has 1 rings (SSSR count). The van der Waals surface area contributed by atoms with E-state index in [2.05, 4.69) is 5.32 Å². The van der Waals surface area contributed by atoms with Crippen LogP contribution in [0.2, 0.25) is 0 Å². The van der Waals surface area contributed by atoms with Crippen LogP contribution in [-0.2, 0) is 19.9 Å². The molecule has 0 bridgehead atoms. The highest BCUT2D eigenvalue weighted by molar-refractivity contribution is 7.93. The Hall–Kier alpha value is -0.180. The van der Waals surface area contributed by atoms with Crippen molar-refractivity contribution in [1.29, 1.82) is 0 Å². The Morgan fingerprint density at radius 1 is 1.11 bits per heavy atom. The van der Waals surface area contributed by atoms with Gasteiger partial charge in [0.15, 0.2) is 0 Å². The summed E-state index contributed by atoms with van der Waals surface area (Å²) in [4.78, 5) is 0. The minimum Gasteiger partial charge on any atom is -0.317 e. The topological polar surface area (TPSA) is 83.6 Å². The lowest BCUT2D eigenvalue weighted by Crippen LogP contribution is -2.41. The molecule has 1 N–H and O–H groups in total. The van der Waals surface area contributed by atoms with Crippen LogP contribution in [0.3, 0.4) is 0 Å². The molecular formula is C11H24N2O4S2. The third-order valence-electron chi connectivity index (χ3n) is 3.38. The molecule has 0 spiro atoms. The van der Waals surface area contributed by atoms with Gasteiger partial charge < -0.3 is 5.32 Å². The minimum atomic E-state index is -3.47. The van der Waals surface area contributed by atoms with Crippen molar-refractivity contribution in [1.82, 2.24) is 9.62 Å². The normalized spacial score (nSPS) is 18.9. The number of rotatable bonds is 7. The Kier molecular flexibility index (Phi) is 6.22. The average Bonchev–Trinajstić information content (AvgIpc) is 2.34. The third-order valence-corrected chi connectivity index (χ3v) is 6.50. The van der Waals surface area contributed by atoms with Crippen LogP contribution in [0.15, 0.2) is 0 Å². The van der Waals surface area contributed by atoms with Crippen molar-refractivity contribution >= 4 is 19.9 Å². The maximum absolute atomic E-state index is 12.1. The molecule has 1 aliphatic heterocycles. The zero-order valence-electron chi connectivity index (χ0n) is 11.6. The highest BCUT2D eigenvalue weighted by Gasteiger charge is 2.25. The van der Waals surface area contributed by atoms with Gasteiger partial charge in [-0.3, -0.25) is 0 Å². The number of nitrogens with zero attached hydrogens (tertiary/aromatic N) is 1. The van der Waals surface area contributed by atoms with Crippen molar-refractivity contribution in [3.05, 3.63) is 0 Å². The van der Waals surface area contributed by atoms with Crippen LogP contribution in [0.4, 0.5) is 0 Å². The fourth-order valence-electron chi connectivity index (χ4n) is 2.18. The summed E-state index contributed by atoms with van der Waals surface area (Å²) in [5, 5.41) is 3.24. The Morgan fingerprint density at radius 3 is 2.16 bits per heavy atom. The monoisotopic (exact) mass is 312 g/mol. The first-order valence-electron chi connectivity index (χ1n) is 6.61. The summed E-state index contributed by atoms with van der Waals surface area (Å²) in [6.07, 6.45) is 3.00. The van der Waals surface area contributed by atoms with Crippen LogP contribution in [0.25, 0.3) is 0 Å². The van der Waals surface area contributed by atoms with E-state index < -0.39 is 19.9 Å². The second-order valence-corrected chi connectivity index (χ2v) is 9.44. The van der Waals surface area contributed by atoms with E-state index >= 15 is 0 Å². The first-order valence-corrected chi connectivity index (χ1v) is 10.3. The molecule has 19 heavy (non-hydrogen) atoms. The van der Waals surface area contributed by atoms with Gasteiger partial charge in [0.2, 0.25) is 10.0 Å². The molecule has 1 fully saturated rings. The number of piperidine rings is 1. The summed E-state index contributed by atoms with van der Waals surface area (Å²) >= 11 is 0. The summed E-state index contributed by atoms with van der Waals surface area (Å²) in [6.45, 7) is 4.54. The SMILES string of the molecule is CCN(CC1CCNCC1)S(=O)(=O)CCS(C)(=O)=O. The zero-order chi connectivity index (χ0) is 14.5. The highest BCUT2D eigenvalue weighted by atomic mass is 32.2. The van der Waals surface area contributed by atoms with Gasteiger partial charge in [-0.05, 0) is 31.8 Å². The van der Waals surface area contributed by atoms with Crippen LogP contribution in [-0.4, -0.2) is 65.1 Å². The Balaban J connectivity index is 2.61. The first-order chi connectivity index (χ1) is 8.74. The predicted octanol–water partition coefficient (Wildman–Crippen LogP) is -0.318. The molecule has 1 heterocycles. The lowest BCUT2D eigenvalue weighted by molar-refractivity contribution is 0.294. The highest BCUT2D eigenvalue weighted by Crippen LogP contribution is 2.15. The third kappa shape index (κ3) is 6.20. The second kappa shape index (κ2) is 7.01. The maximum Gasteiger partial charge on any atom is 0.215 e. The van der Waals surface area contributed by atoms with Gasteiger partial charge in [-0.1, -0.05) is 6.92 Å². The molecular weight excluding hydrogens is 288 g/mol. The van der Waals surface area contributed by atoms with E-state index in [0.29, 0.717) is 19.0 Å². The van der Waals surface area contributed by atoms with Gasteiger partial charge in [0.05, 0.1) is 11.5 Å². The molecule has 0 saturated carbocycles. The van der Waals surface area contributed by atoms with E-state index in [-0.39, 0.29) is 11.5 Å². The molecule has 114 valence electrons. The molecule has 0 aromatic heterocycles. The van der Waals surface area contributed by atoms with Gasteiger partial charge in [-0.2, -0.15) is 0 Å². The second-order valence-electron chi connectivity index (χ2n) is 5.09. The molecule has 0 atom stereocenters. The summed E-state index contributed by atoms with van der Waals surface area (Å²) in [5.41, 5.74) is 0. The van der Waals surface area contributed by atoms with Gasteiger partial charge in [-0.25, -0.2) is 21.1 Å². The number of sulfonamides is 1. The fraction of sp³-hybridized carbons (Fsp3) is 1.00. The van der Waals surface area contributed by atoms with Crippen LogP contribution >= 0.6 is 0 Å². The van der Waals surface area contributed by atoms with Crippen molar-refractivity contribution in [3.8, 4) is 0 Å². The van der Waals surface area contributed by atoms with Crippen molar-refractivity contribution in [2.45, 2.75) is 19.8 Å². The van der Waals surface area contributed by atoms with Gasteiger partial charge in [0.1, 0.15) is 9.84 Å². The number of hydrogen-bond donors (Lipinski definition) is 1. The van der Waals surface area contributed by atoms with E-state index in [0.717, 1.165) is 32.2 Å². The van der Waals surface area contributed by atoms with E-state index in [1.165, 1.54) is 4.31 Å². The van der Waals surface area contributed by atoms with Crippen molar-refractivity contribution < 1.29 is 16.8 Å². The zero-order valence-corrected chi connectivity index (χ0v) is 13.3. The number of nitrogens with one attached hydrogen (secondary N) is 1. The molecule has 0 radical (unpaired) electrons. The average molecular weight is 312 g/mol. The lowest BCUT2D eigenvalue weighted by atomic mass is 9.98. The summed E-state index contributed by atoms with van der Waals surface area (Å²) in [5.74, 6) is -0.253. The minimum absolute atomic E-state index is 0.307. The smallest absolute Gasteiger partial charge is 0.215 e. The number of hydrogen-bond acceptors (Lipinski definition) is 5. The van der Waals surface area contributed by atoms with Crippen molar-refractivity contribution in [2.24, 2.45) is 5.92 Å². The van der Waals surface area contributed by atoms with Gasteiger partial charge in [0.25, 0.3) is 0 Å². The molecule has 1 saturated heterocycles. The fourth-order valence-corrected chi connectivity index (χ4v) is 5.32. The number of sulfone groups is 1. The lowest BCUT2D eigenvalue weighted by Gasteiger charge is -2.28. The largest absolute Gasteiger partial charge is 0.317 e. The molecule has 0 aromatic carbocycles. The van der Waals surface area contributed by atoms with Crippen LogP contribution < -0.4 is 5.32 Å². The van der Waals surface area contributed by atoms with Crippen molar-refractivity contribution in [3.63, 3.8) is 0 Å². The summed E-state index contributed by atoms with van der Waals surface area (Å²) in [6, 6.07) is 0. The molecule has 0 aliphatic carbocycles. The molecule has 8 heteroatoms. The molecule has 0 unspecified atom stereocenters. The van der Waals surface area contributed by atoms with E-state index in [1.54, 1.807) is 6.92 Å². The maximum atomic E-state index is 12.1. The summed E-state index contributed by atoms with van der Waals surface area (Å²) < 4.78 is 47.9. The quantitative estimate of drug-likeness (QED) is 0.697. The van der Waals surface area contributed by atoms with Gasteiger partial charge in [-0.15, -0.1) is 0 Å². The Bertz CT molecular complexity index is 467. The van der Waals surface area contributed by atoms with E-state index in [4.69, 9.17) is 0 Å². The standard InChI is InChI=1S/C11H24N2O4S2/c1-3-13(10-11-4-6-12-7-5-11)19(16,17)9-8-18(2,14)15/h11-12H,3-10H2,1-2H3. The van der Waals surface area contributed by atoms with E-state index in [1.807, 2.05) is 0 Å². The van der Waals surface area contributed by atoms with Gasteiger partial charge in [0, 0.05) is 19.3 Å². The van der Waals surface area contributed by atoms with Crippen LogP contribution in [0.5, 0.6) is 0 Å². The molecule has 1 aliphatic rings. The Morgan fingerprint density at radius 2 is 1.68 bits per heavy atom. The van der Waals surface area contributed by atoms with Gasteiger partial charge >= 0.3 is 0 Å². The molecule has 6 nitrogen and oxygen atoms in total. The predicted molar refractivity (Wildman–Crippen MR) is 76.3 cm³/mol.